The van der Waals surface area contributed by atoms with Crippen LogP contribution in [0.15, 0.2) is 0 Å². The van der Waals surface area contributed by atoms with Crippen molar-refractivity contribution in [3.8, 4) is 0 Å². The molecule has 106 valence electrons. The molecule has 1 fully saturated rings. The molecule has 1 saturated heterocycles. The van der Waals surface area contributed by atoms with Crippen molar-refractivity contribution in [3.05, 3.63) is 0 Å². The van der Waals surface area contributed by atoms with E-state index in [-0.39, 0.29) is 6.04 Å². The molecule has 0 aromatic carbocycles. The molecule has 0 saturated carbocycles. The van der Waals surface area contributed by atoms with Crippen LogP contribution in [0.5, 0.6) is 0 Å². The number of esters is 1. The first-order valence-electron chi connectivity index (χ1n) is 6.23. The van der Waals surface area contributed by atoms with Crippen LogP contribution < -0.4 is 5.73 Å². The number of nitrogens with zero attached hydrogens (tertiary/aromatic N) is 1. The monoisotopic (exact) mass is 278 g/mol. The average Bonchev–Trinajstić information content (AvgIpc) is 2.37. The standard InChI is InChI=1S/C11H22N2O4S/c1-9(11(14)17-2)18(15,16)13-8-4-3-5-10(13)6-7-12/h9-10H,3-8,12H2,1-2H3. The van der Waals surface area contributed by atoms with E-state index in [0.717, 1.165) is 19.3 Å². The van der Waals surface area contributed by atoms with Gasteiger partial charge < -0.3 is 10.5 Å². The first-order chi connectivity index (χ1) is 8.45. The highest BCUT2D eigenvalue weighted by atomic mass is 32.2. The van der Waals surface area contributed by atoms with Crippen LogP contribution in [0.25, 0.3) is 0 Å². The molecule has 0 aliphatic carbocycles. The van der Waals surface area contributed by atoms with Gasteiger partial charge in [0.1, 0.15) is 0 Å². The Morgan fingerprint density at radius 3 is 2.72 bits per heavy atom. The van der Waals surface area contributed by atoms with Gasteiger partial charge in [0.25, 0.3) is 0 Å². The largest absolute Gasteiger partial charge is 0.468 e. The average molecular weight is 278 g/mol. The number of rotatable bonds is 5. The van der Waals surface area contributed by atoms with Gasteiger partial charge in [-0.2, -0.15) is 4.31 Å². The van der Waals surface area contributed by atoms with Gasteiger partial charge in [-0.25, -0.2) is 8.42 Å². The van der Waals surface area contributed by atoms with E-state index in [9.17, 15) is 13.2 Å². The van der Waals surface area contributed by atoms with E-state index in [0.29, 0.717) is 19.5 Å². The number of hydrogen-bond donors (Lipinski definition) is 1. The first kappa shape index (κ1) is 15.4. The predicted molar refractivity (Wildman–Crippen MR) is 68.4 cm³/mol. The first-order valence-corrected chi connectivity index (χ1v) is 7.74. The molecule has 1 rings (SSSR count). The van der Waals surface area contributed by atoms with Crippen LogP contribution in [0.4, 0.5) is 0 Å². The Kier molecular flexibility index (Phi) is 5.55. The van der Waals surface area contributed by atoms with E-state index in [4.69, 9.17) is 5.73 Å². The number of methoxy groups -OCH3 is 1. The summed E-state index contributed by atoms with van der Waals surface area (Å²) in [6, 6.07) is -0.0825. The zero-order valence-corrected chi connectivity index (χ0v) is 11.8. The van der Waals surface area contributed by atoms with Gasteiger partial charge in [-0.1, -0.05) is 6.42 Å². The lowest BCUT2D eigenvalue weighted by Crippen LogP contribution is -2.49. The number of nitrogens with two attached hydrogens (primary N) is 1. The maximum atomic E-state index is 12.4. The summed E-state index contributed by atoms with van der Waals surface area (Å²) in [5.74, 6) is -0.716. The maximum absolute atomic E-state index is 12.4. The number of hydrogen-bond acceptors (Lipinski definition) is 5. The van der Waals surface area contributed by atoms with Gasteiger partial charge in [0.2, 0.25) is 10.0 Å². The zero-order chi connectivity index (χ0) is 13.8. The molecule has 2 N–H and O–H groups in total. The highest BCUT2D eigenvalue weighted by molar-refractivity contribution is 7.90. The summed E-state index contributed by atoms with van der Waals surface area (Å²) in [7, 11) is -2.45. The fourth-order valence-corrected chi connectivity index (χ4v) is 4.04. The van der Waals surface area contributed by atoms with Gasteiger partial charge in [-0.05, 0) is 32.7 Å². The lowest BCUT2D eigenvalue weighted by atomic mass is 10.0. The van der Waals surface area contributed by atoms with Gasteiger partial charge in [-0.15, -0.1) is 0 Å². The fraction of sp³-hybridized carbons (Fsp3) is 0.909. The lowest BCUT2D eigenvalue weighted by molar-refractivity contribution is -0.139. The molecule has 1 aliphatic rings. The molecule has 7 heteroatoms. The van der Waals surface area contributed by atoms with E-state index in [1.165, 1.54) is 18.3 Å². The fourth-order valence-electron chi connectivity index (χ4n) is 2.28. The van der Waals surface area contributed by atoms with Crippen molar-refractivity contribution in [1.82, 2.24) is 4.31 Å². The molecule has 2 atom stereocenters. The van der Waals surface area contributed by atoms with E-state index in [1.807, 2.05) is 0 Å². The van der Waals surface area contributed by atoms with Crippen molar-refractivity contribution >= 4 is 16.0 Å². The molecule has 0 amide bonds. The number of carbonyl (C=O) groups excluding carboxylic acids is 1. The van der Waals surface area contributed by atoms with Crippen molar-refractivity contribution in [1.29, 1.82) is 0 Å². The summed E-state index contributed by atoms with van der Waals surface area (Å²) in [5, 5.41) is -1.15. The summed E-state index contributed by atoms with van der Waals surface area (Å²) >= 11 is 0. The molecule has 0 bridgehead atoms. The predicted octanol–water partition coefficient (Wildman–Crippen LogP) is 0.0810. The van der Waals surface area contributed by atoms with Crippen LogP contribution in [0, 0.1) is 0 Å². The Morgan fingerprint density at radius 1 is 1.50 bits per heavy atom. The summed E-state index contributed by atoms with van der Waals surface area (Å²) < 4.78 is 30.7. The maximum Gasteiger partial charge on any atom is 0.325 e. The molecule has 0 aromatic heterocycles. The highest BCUT2D eigenvalue weighted by Crippen LogP contribution is 2.25. The van der Waals surface area contributed by atoms with Crippen molar-refractivity contribution in [2.75, 3.05) is 20.2 Å². The molecular formula is C11H22N2O4S. The van der Waals surface area contributed by atoms with Gasteiger partial charge in [-0.3, -0.25) is 4.79 Å². The van der Waals surface area contributed by atoms with E-state index < -0.39 is 21.2 Å². The molecule has 6 nitrogen and oxygen atoms in total. The van der Waals surface area contributed by atoms with Crippen LogP contribution >= 0.6 is 0 Å². The Balaban J connectivity index is 2.90. The number of carbonyl (C=O) groups is 1. The van der Waals surface area contributed by atoms with Crippen LogP contribution in [-0.4, -0.2) is 50.2 Å². The van der Waals surface area contributed by atoms with Gasteiger partial charge >= 0.3 is 5.97 Å². The second-order valence-electron chi connectivity index (χ2n) is 4.55. The van der Waals surface area contributed by atoms with Gasteiger partial charge in [0.15, 0.2) is 5.25 Å². The van der Waals surface area contributed by atoms with Crippen LogP contribution in [0.2, 0.25) is 0 Å². The highest BCUT2D eigenvalue weighted by Gasteiger charge is 2.39. The van der Waals surface area contributed by atoms with E-state index in [1.54, 1.807) is 0 Å². The molecule has 2 unspecified atom stereocenters. The quantitative estimate of drug-likeness (QED) is 0.719. The minimum atomic E-state index is -3.64. The summed E-state index contributed by atoms with van der Waals surface area (Å²) in [4.78, 5) is 11.4. The normalized spacial score (nSPS) is 23.6. The number of piperidine rings is 1. The van der Waals surface area contributed by atoms with Crippen molar-refractivity contribution in [2.45, 2.75) is 43.9 Å². The molecule has 1 heterocycles. The minimum absolute atomic E-state index is 0.0825. The van der Waals surface area contributed by atoms with Crippen LogP contribution in [-0.2, 0) is 19.6 Å². The van der Waals surface area contributed by atoms with Crippen LogP contribution in [0.1, 0.15) is 32.6 Å². The third-order valence-electron chi connectivity index (χ3n) is 3.38. The van der Waals surface area contributed by atoms with E-state index >= 15 is 0 Å². The molecule has 0 spiro atoms. The van der Waals surface area contributed by atoms with Crippen molar-refractivity contribution in [3.63, 3.8) is 0 Å². The van der Waals surface area contributed by atoms with E-state index in [2.05, 4.69) is 4.74 Å². The molecule has 18 heavy (non-hydrogen) atoms. The minimum Gasteiger partial charge on any atom is -0.468 e. The summed E-state index contributed by atoms with van der Waals surface area (Å²) in [5.41, 5.74) is 5.51. The number of ether oxygens (including phenoxy) is 1. The summed E-state index contributed by atoms with van der Waals surface area (Å²) in [6.45, 7) is 2.28. The lowest BCUT2D eigenvalue weighted by Gasteiger charge is -2.35. The van der Waals surface area contributed by atoms with Gasteiger partial charge in [0, 0.05) is 12.6 Å². The zero-order valence-electron chi connectivity index (χ0n) is 11.0. The Morgan fingerprint density at radius 2 is 2.17 bits per heavy atom. The van der Waals surface area contributed by atoms with Crippen molar-refractivity contribution < 1.29 is 17.9 Å². The molecule has 0 radical (unpaired) electrons. The Hall–Kier alpha value is -0.660. The second-order valence-corrected chi connectivity index (χ2v) is 6.75. The molecule has 1 aliphatic heterocycles. The molecular weight excluding hydrogens is 256 g/mol. The summed E-state index contributed by atoms with van der Waals surface area (Å²) in [6.07, 6.45) is 3.27. The Labute approximate surface area is 109 Å². The van der Waals surface area contributed by atoms with Crippen molar-refractivity contribution in [2.24, 2.45) is 5.73 Å². The third kappa shape index (κ3) is 3.21. The van der Waals surface area contributed by atoms with Gasteiger partial charge in [0.05, 0.1) is 7.11 Å². The van der Waals surface area contributed by atoms with Crippen LogP contribution in [0.3, 0.4) is 0 Å². The molecule has 0 aromatic rings. The number of sulfonamides is 1. The Bertz CT molecular complexity index is 381. The smallest absolute Gasteiger partial charge is 0.325 e. The topological polar surface area (TPSA) is 89.7 Å². The third-order valence-corrected chi connectivity index (χ3v) is 5.60. The second kappa shape index (κ2) is 6.49. The SMILES string of the molecule is COC(=O)C(C)S(=O)(=O)N1CCCCC1CCN.